The number of hydrogen-bond donors (Lipinski definition) is 4. The molecule has 304 valence electrons. The van der Waals surface area contributed by atoms with Crippen molar-refractivity contribution in [3.8, 4) is 22.8 Å². The largest absolute Gasteiger partial charge is 0.497 e. The Hall–Kier alpha value is -5.66. The first-order valence-corrected chi connectivity index (χ1v) is 19.5. The van der Waals surface area contributed by atoms with E-state index in [-0.39, 0.29) is 25.3 Å². The van der Waals surface area contributed by atoms with Crippen molar-refractivity contribution in [2.45, 2.75) is 95.5 Å². The van der Waals surface area contributed by atoms with Gasteiger partial charge >= 0.3 is 18.0 Å². The van der Waals surface area contributed by atoms with Gasteiger partial charge < -0.3 is 40.2 Å². The monoisotopic (exact) mass is 783 g/mol. The second kappa shape index (κ2) is 16.8. The van der Waals surface area contributed by atoms with Crippen LogP contribution in [-0.2, 0) is 23.9 Å². The molecule has 4 amide bonds. The fourth-order valence-corrected chi connectivity index (χ4v) is 8.09. The number of likely N-dealkylation sites (tertiary alicyclic amines) is 1. The Morgan fingerprint density at radius 3 is 2.33 bits per heavy atom. The van der Waals surface area contributed by atoms with Crippen LogP contribution in [0.15, 0.2) is 67.3 Å². The molecule has 2 aliphatic carbocycles. The number of esters is 1. The van der Waals surface area contributed by atoms with Crippen molar-refractivity contribution in [3.05, 3.63) is 67.3 Å². The van der Waals surface area contributed by atoms with Crippen LogP contribution in [-0.4, -0.2) is 95.3 Å². The maximum absolute atomic E-state index is 14.4. The summed E-state index contributed by atoms with van der Waals surface area (Å²) < 4.78 is 17.2. The highest BCUT2D eigenvalue weighted by atomic mass is 16.5. The summed E-state index contributed by atoms with van der Waals surface area (Å²) in [5, 5.41) is 19.2. The van der Waals surface area contributed by atoms with Crippen molar-refractivity contribution >= 4 is 40.7 Å². The number of nitrogens with zero attached hydrogens (tertiary/aromatic N) is 2. The molecule has 0 radical (unpaired) electrons. The zero-order chi connectivity index (χ0) is 41.1. The van der Waals surface area contributed by atoms with E-state index in [0.29, 0.717) is 28.1 Å². The molecule has 14 heteroatoms. The molecule has 3 aromatic rings. The van der Waals surface area contributed by atoms with E-state index in [2.05, 4.69) is 22.5 Å². The van der Waals surface area contributed by atoms with Crippen molar-refractivity contribution in [2.75, 3.05) is 20.8 Å². The average molecular weight is 784 g/mol. The molecule has 1 aliphatic heterocycles. The minimum atomic E-state index is -1.54. The summed E-state index contributed by atoms with van der Waals surface area (Å²) in [6.07, 6.45) is 5.39. The number of hydrogen-bond acceptors (Lipinski definition) is 9. The number of rotatable bonds is 13. The first-order chi connectivity index (χ1) is 27.2. The van der Waals surface area contributed by atoms with Crippen molar-refractivity contribution in [2.24, 2.45) is 17.3 Å². The Kier molecular flexibility index (Phi) is 12.1. The van der Waals surface area contributed by atoms with Crippen LogP contribution in [0.4, 0.5) is 4.79 Å². The minimum absolute atomic E-state index is 0.0207. The van der Waals surface area contributed by atoms with Crippen LogP contribution < -0.4 is 25.4 Å². The van der Waals surface area contributed by atoms with Gasteiger partial charge in [-0.15, -0.1) is 6.58 Å². The van der Waals surface area contributed by atoms with Gasteiger partial charge in [0.15, 0.2) is 0 Å². The molecule has 1 aromatic heterocycles. The minimum Gasteiger partial charge on any atom is -0.497 e. The number of carbonyl (C=O) groups excluding carboxylic acids is 4. The highest BCUT2D eigenvalue weighted by Crippen LogP contribution is 2.45. The van der Waals surface area contributed by atoms with E-state index in [4.69, 9.17) is 19.2 Å². The summed E-state index contributed by atoms with van der Waals surface area (Å²) in [7, 11) is 2.85. The van der Waals surface area contributed by atoms with E-state index < -0.39 is 70.9 Å². The number of urea groups is 1. The third-order valence-corrected chi connectivity index (χ3v) is 11.5. The predicted molar refractivity (Wildman–Crippen MR) is 212 cm³/mol. The summed E-state index contributed by atoms with van der Waals surface area (Å²) in [6.45, 7) is 9.02. The zero-order valence-electron chi connectivity index (χ0n) is 33.2. The van der Waals surface area contributed by atoms with Crippen LogP contribution in [0.1, 0.15) is 65.7 Å². The predicted octanol–water partition coefficient (Wildman–Crippen LogP) is 5.24. The Morgan fingerprint density at radius 2 is 1.72 bits per heavy atom. The van der Waals surface area contributed by atoms with Crippen molar-refractivity contribution < 1.29 is 43.3 Å². The molecule has 0 bridgehead atoms. The van der Waals surface area contributed by atoms with Gasteiger partial charge in [-0.05, 0) is 42.7 Å². The normalized spacial score (nSPS) is 23.1. The molecule has 2 heterocycles. The number of carboxylic acid groups (broad SMARTS) is 1. The molecule has 0 unspecified atom stereocenters. The van der Waals surface area contributed by atoms with Gasteiger partial charge in [0, 0.05) is 35.4 Å². The molecular weight excluding hydrogens is 730 g/mol. The van der Waals surface area contributed by atoms with Crippen LogP contribution in [0.3, 0.4) is 0 Å². The zero-order valence-corrected chi connectivity index (χ0v) is 33.2. The van der Waals surface area contributed by atoms with Crippen LogP contribution in [0.5, 0.6) is 11.5 Å². The van der Waals surface area contributed by atoms with E-state index >= 15 is 0 Å². The topological polar surface area (TPSA) is 185 Å². The summed E-state index contributed by atoms with van der Waals surface area (Å²) in [5.74, 6) is -2.49. The number of ether oxygens (including phenoxy) is 3. The number of pyridine rings is 1. The number of aromatic nitrogens is 1. The third kappa shape index (κ3) is 8.84. The van der Waals surface area contributed by atoms with Crippen LogP contribution in [0, 0.1) is 17.3 Å². The van der Waals surface area contributed by atoms with Crippen molar-refractivity contribution in [1.82, 2.24) is 25.8 Å². The number of fused-ring (bicyclic) bond motifs is 1. The average Bonchev–Trinajstić information content (AvgIpc) is 3.77. The molecule has 4 N–H and O–H groups in total. The summed E-state index contributed by atoms with van der Waals surface area (Å²) in [5.41, 5.74) is -0.276. The quantitative estimate of drug-likeness (QED) is 0.132. The van der Waals surface area contributed by atoms with Gasteiger partial charge in [-0.2, -0.15) is 0 Å². The lowest BCUT2D eigenvalue weighted by Gasteiger charge is -2.35. The maximum Gasteiger partial charge on any atom is 0.330 e. The second-order valence-corrected chi connectivity index (χ2v) is 16.4. The molecule has 57 heavy (non-hydrogen) atoms. The Bertz CT molecular complexity index is 2010. The van der Waals surface area contributed by atoms with Gasteiger partial charge in [0.2, 0.25) is 11.8 Å². The van der Waals surface area contributed by atoms with Crippen molar-refractivity contribution in [1.29, 1.82) is 0 Å². The fourth-order valence-electron chi connectivity index (χ4n) is 8.09. The SMILES string of the molecule is C=C[C@@H]1C[C@]1(NC(=O)[C@@H]1C[C@@H](Oc2cc(-c3ccccc3)nc3cc(OC)ccc23)CN1C(=O)N[C@H](C(=O)N[C@H](C(=O)OC)C1CCCCC1)C(C)(C)C)C(=O)O. The standard InChI is InChI=1S/C43H53N5O9/c1-7-27-23-43(27,40(52)53)47-37(49)33-21-29(57-34-22-31(25-14-10-8-11-15-25)44-32-20-28(55-5)18-19-30(32)34)24-48(33)41(54)46-36(42(2,3)4)38(50)45-35(39(51)56-6)26-16-12-9-13-17-26/h7-8,10-11,14-15,18-20,22,26-27,29,33,35-36H,1,9,12-13,16-17,21,23-24H2,2-6H3,(H,45,50)(H,46,54)(H,47,49)(H,52,53)/t27-,29-,33+,35+,36-,43-/m1/s1. The van der Waals surface area contributed by atoms with E-state index in [1.807, 2.05) is 42.5 Å². The van der Waals surface area contributed by atoms with Crippen LogP contribution in [0.2, 0.25) is 0 Å². The number of amides is 4. The molecule has 6 rings (SSSR count). The van der Waals surface area contributed by atoms with E-state index in [0.717, 1.165) is 37.7 Å². The Balaban J connectivity index is 1.30. The van der Waals surface area contributed by atoms with Gasteiger partial charge in [0.1, 0.15) is 41.3 Å². The highest BCUT2D eigenvalue weighted by Gasteiger charge is 2.61. The molecule has 1 saturated heterocycles. The number of carbonyl (C=O) groups is 5. The molecular formula is C43H53N5O9. The summed E-state index contributed by atoms with van der Waals surface area (Å²) in [4.78, 5) is 74.0. The van der Waals surface area contributed by atoms with Gasteiger partial charge in [-0.1, -0.05) is 76.4 Å². The molecule has 6 atom stereocenters. The van der Waals surface area contributed by atoms with Crippen molar-refractivity contribution in [3.63, 3.8) is 0 Å². The highest BCUT2D eigenvalue weighted by molar-refractivity contribution is 5.96. The van der Waals surface area contributed by atoms with E-state index in [1.54, 1.807) is 40.0 Å². The van der Waals surface area contributed by atoms with E-state index in [1.165, 1.54) is 18.1 Å². The van der Waals surface area contributed by atoms with E-state index in [9.17, 15) is 29.1 Å². The number of aliphatic carboxylic acids is 1. The Labute approximate surface area is 332 Å². The molecule has 3 fully saturated rings. The fraction of sp³-hybridized carbons (Fsp3) is 0.488. The molecule has 3 aliphatic rings. The first kappa shape index (κ1) is 41.0. The van der Waals surface area contributed by atoms with Gasteiger partial charge in [-0.3, -0.25) is 9.59 Å². The lowest BCUT2D eigenvalue weighted by atomic mass is 9.82. The maximum atomic E-state index is 14.4. The molecule has 2 aromatic carbocycles. The molecule has 0 spiro atoms. The number of methoxy groups -OCH3 is 2. The van der Waals surface area contributed by atoms with Crippen LogP contribution in [0.25, 0.3) is 22.2 Å². The molecule has 14 nitrogen and oxygen atoms in total. The first-order valence-electron chi connectivity index (χ1n) is 19.5. The number of nitrogens with one attached hydrogen (secondary N) is 3. The number of benzene rings is 2. The van der Waals surface area contributed by atoms with Gasteiger partial charge in [0.05, 0.1) is 32.0 Å². The molecule has 2 saturated carbocycles. The second-order valence-electron chi connectivity index (χ2n) is 16.4. The summed E-state index contributed by atoms with van der Waals surface area (Å²) >= 11 is 0. The summed E-state index contributed by atoms with van der Waals surface area (Å²) in [6, 6.07) is 12.9. The van der Waals surface area contributed by atoms with Gasteiger partial charge in [-0.25, -0.2) is 19.4 Å². The third-order valence-electron chi connectivity index (χ3n) is 11.5. The van der Waals surface area contributed by atoms with Gasteiger partial charge in [0.25, 0.3) is 0 Å². The lowest BCUT2D eigenvalue weighted by Crippen LogP contribution is -2.61. The number of carboxylic acids is 1. The van der Waals surface area contributed by atoms with Crippen LogP contribution >= 0.6 is 0 Å². The Morgan fingerprint density at radius 1 is 1.00 bits per heavy atom. The lowest BCUT2D eigenvalue weighted by molar-refractivity contribution is -0.147. The smallest absolute Gasteiger partial charge is 0.330 e.